The van der Waals surface area contributed by atoms with Crippen LogP contribution in [-0.4, -0.2) is 21.9 Å². The van der Waals surface area contributed by atoms with Gasteiger partial charge in [-0.2, -0.15) is 13.2 Å². The fraction of sp³-hybridized carbons (Fsp3) is 0.316. The molecule has 0 saturated heterocycles. The van der Waals surface area contributed by atoms with Crippen LogP contribution in [0.1, 0.15) is 25.8 Å². The van der Waals surface area contributed by atoms with Crippen molar-refractivity contribution in [3.63, 3.8) is 0 Å². The third-order valence-corrected chi connectivity index (χ3v) is 6.37. The van der Waals surface area contributed by atoms with E-state index in [2.05, 4.69) is 10.0 Å². The van der Waals surface area contributed by atoms with Gasteiger partial charge in [-0.25, -0.2) is 4.21 Å². The summed E-state index contributed by atoms with van der Waals surface area (Å²) in [4.78, 5) is 12.4. The lowest BCUT2D eigenvalue weighted by atomic mass is 10.2. The Hall–Kier alpha value is -1.42. The third-order valence-electron chi connectivity index (χ3n) is 3.64. The van der Waals surface area contributed by atoms with Crippen molar-refractivity contribution < 1.29 is 22.2 Å². The molecular weight excluding hydrogens is 480 g/mol. The second kappa shape index (κ2) is 10.7. The predicted octanol–water partition coefficient (Wildman–Crippen LogP) is 6.15. The molecule has 11 heteroatoms. The Bertz CT molecular complexity index is 940. The zero-order valence-corrected chi connectivity index (χ0v) is 19.1. The van der Waals surface area contributed by atoms with Gasteiger partial charge in [0.15, 0.2) is 0 Å². The molecule has 30 heavy (non-hydrogen) atoms. The molecule has 0 aliphatic rings. The van der Waals surface area contributed by atoms with E-state index in [1.807, 2.05) is 13.8 Å². The molecule has 164 valence electrons. The summed E-state index contributed by atoms with van der Waals surface area (Å²) in [5.74, 6) is 0.367. The summed E-state index contributed by atoms with van der Waals surface area (Å²) in [5, 5.41) is 2.68. The molecule has 0 bridgehead atoms. The number of thioether (sulfide) groups is 1. The number of hydrogen-bond donors (Lipinski definition) is 2. The summed E-state index contributed by atoms with van der Waals surface area (Å²) in [5.41, 5.74) is -0.674. The van der Waals surface area contributed by atoms with E-state index in [1.54, 1.807) is 12.1 Å². The highest BCUT2D eigenvalue weighted by Gasteiger charge is 2.33. The highest BCUT2D eigenvalue weighted by Crippen LogP contribution is 2.36. The summed E-state index contributed by atoms with van der Waals surface area (Å²) in [7, 11) is -1.99. The zero-order valence-electron chi connectivity index (χ0n) is 16.0. The fourth-order valence-corrected chi connectivity index (χ4v) is 4.65. The average molecular weight is 499 g/mol. The number of nitrogens with one attached hydrogen (secondary N) is 2. The molecule has 4 nitrogen and oxygen atoms in total. The first-order valence-electron chi connectivity index (χ1n) is 8.74. The standard InChI is InChI=1S/C19H19Cl2F3N2O2S2/c1-11(2)25-18(27)7-8-29-17-6-3-12(20)9-16(17)26-30(28)13-4-5-15(21)14(10-13)19(22,23)24/h3-6,9-11,26H,7-8H2,1-2H3,(H,25,27). The molecule has 2 rings (SSSR count). The summed E-state index contributed by atoms with van der Waals surface area (Å²) in [6, 6.07) is 7.95. The average Bonchev–Trinajstić information content (AvgIpc) is 2.62. The smallest absolute Gasteiger partial charge is 0.354 e. The molecule has 0 aliphatic heterocycles. The van der Waals surface area contributed by atoms with E-state index in [-0.39, 0.29) is 23.3 Å². The van der Waals surface area contributed by atoms with E-state index >= 15 is 0 Å². The Morgan fingerprint density at radius 3 is 2.50 bits per heavy atom. The molecule has 1 amide bonds. The molecule has 1 atom stereocenters. The van der Waals surface area contributed by atoms with Crippen molar-refractivity contribution in [2.75, 3.05) is 10.5 Å². The number of halogens is 5. The lowest BCUT2D eigenvalue weighted by Gasteiger charge is -2.14. The first-order valence-corrected chi connectivity index (χ1v) is 11.6. The number of anilines is 1. The molecule has 2 aromatic rings. The van der Waals surface area contributed by atoms with Crippen molar-refractivity contribution in [1.82, 2.24) is 5.32 Å². The second-order valence-corrected chi connectivity index (χ2v) is 9.66. The van der Waals surface area contributed by atoms with Crippen LogP contribution in [0.2, 0.25) is 10.0 Å². The van der Waals surface area contributed by atoms with Crippen molar-refractivity contribution in [2.45, 2.75) is 42.3 Å². The van der Waals surface area contributed by atoms with Crippen molar-refractivity contribution in [2.24, 2.45) is 0 Å². The summed E-state index contributed by atoms with van der Waals surface area (Å²) >= 11 is 13.0. The maximum absolute atomic E-state index is 13.1. The van der Waals surface area contributed by atoms with Gasteiger partial charge >= 0.3 is 6.18 Å². The van der Waals surface area contributed by atoms with Crippen molar-refractivity contribution >= 4 is 57.5 Å². The number of rotatable bonds is 8. The van der Waals surface area contributed by atoms with Gasteiger partial charge in [-0.1, -0.05) is 23.2 Å². The monoisotopic (exact) mass is 498 g/mol. The van der Waals surface area contributed by atoms with Gasteiger partial charge < -0.3 is 5.32 Å². The van der Waals surface area contributed by atoms with Crippen LogP contribution in [-0.2, 0) is 22.0 Å². The highest BCUT2D eigenvalue weighted by molar-refractivity contribution is 7.99. The molecule has 0 aliphatic carbocycles. The van der Waals surface area contributed by atoms with Crippen LogP contribution in [0.15, 0.2) is 46.2 Å². The lowest BCUT2D eigenvalue weighted by Crippen LogP contribution is -2.30. The quantitative estimate of drug-likeness (QED) is 0.428. The minimum absolute atomic E-state index is 0.0404. The zero-order chi connectivity index (χ0) is 22.5. The molecule has 2 N–H and O–H groups in total. The predicted molar refractivity (Wildman–Crippen MR) is 117 cm³/mol. The number of carbonyl (C=O) groups is 1. The van der Waals surface area contributed by atoms with Crippen LogP contribution in [0, 0.1) is 0 Å². The highest BCUT2D eigenvalue weighted by atomic mass is 35.5. The van der Waals surface area contributed by atoms with Crippen LogP contribution in [0.3, 0.4) is 0 Å². The molecule has 0 heterocycles. The minimum Gasteiger partial charge on any atom is -0.354 e. The second-order valence-electron chi connectivity index (χ2n) is 6.47. The van der Waals surface area contributed by atoms with E-state index in [4.69, 9.17) is 23.2 Å². The van der Waals surface area contributed by atoms with E-state index in [9.17, 15) is 22.2 Å². The van der Waals surface area contributed by atoms with Gasteiger partial charge in [0.2, 0.25) is 5.91 Å². The lowest BCUT2D eigenvalue weighted by molar-refractivity contribution is -0.137. The van der Waals surface area contributed by atoms with Crippen LogP contribution in [0.25, 0.3) is 0 Å². The van der Waals surface area contributed by atoms with Gasteiger partial charge in [0.1, 0.15) is 11.0 Å². The number of hydrogen-bond acceptors (Lipinski definition) is 3. The van der Waals surface area contributed by atoms with Gasteiger partial charge in [0.05, 0.1) is 21.2 Å². The van der Waals surface area contributed by atoms with E-state index in [0.717, 1.165) is 12.1 Å². The maximum Gasteiger partial charge on any atom is 0.417 e. The maximum atomic E-state index is 13.1. The van der Waals surface area contributed by atoms with Crippen LogP contribution < -0.4 is 10.0 Å². The topological polar surface area (TPSA) is 58.2 Å². The van der Waals surface area contributed by atoms with Gasteiger partial charge in [0.25, 0.3) is 0 Å². The van der Waals surface area contributed by atoms with E-state index in [0.29, 0.717) is 21.4 Å². The Labute approximate surface area is 189 Å². The van der Waals surface area contributed by atoms with Gasteiger partial charge in [0, 0.05) is 28.1 Å². The summed E-state index contributed by atoms with van der Waals surface area (Å²) < 4.78 is 54.5. The van der Waals surface area contributed by atoms with Crippen LogP contribution in [0.5, 0.6) is 0 Å². The van der Waals surface area contributed by atoms with Crippen molar-refractivity contribution in [3.05, 3.63) is 52.0 Å². The normalized spacial score (nSPS) is 12.7. The first-order chi connectivity index (χ1) is 14.0. The fourth-order valence-electron chi connectivity index (χ4n) is 2.35. The SMILES string of the molecule is CC(C)NC(=O)CCSc1ccc(Cl)cc1NS(=O)c1ccc(Cl)c(C(F)(F)F)c1. The van der Waals surface area contributed by atoms with Gasteiger partial charge in [-0.3, -0.25) is 9.52 Å². The summed E-state index contributed by atoms with van der Waals surface area (Å²) in [6.07, 6.45) is -4.38. The Morgan fingerprint density at radius 1 is 1.17 bits per heavy atom. The first kappa shape index (κ1) is 24.8. The number of amides is 1. The van der Waals surface area contributed by atoms with Crippen molar-refractivity contribution in [1.29, 1.82) is 0 Å². The largest absolute Gasteiger partial charge is 0.417 e. The molecular formula is C19H19Cl2F3N2O2S2. The number of alkyl halides is 3. The van der Waals surface area contributed by atoms with Gasteiger partial charge in [-0.15, -0.1) is 11.8 Å². The molecule has 0 saturated carbocycles. The van der Waals surface area contributed by atoms with Crippen LogP contribution >= 0.6 is 35.0 Å². The van der Waals surface area contributed by atoms with Crippen LogP contribution in [0.4, 0.5) is 18.9 Å². The molecule has 0 fully saturated rings. The minimum atomic E-state index is -4.66. The Balaban J connectivity index is 2.15. The van der Waals surface area contributed by atoms with E-state index in [1.165, 1.54) is 23.9 Å². The van der Waals surface area contributed by atoms with Gasteiger partial charge in [-0.05, 0) is 50.2 Å². The Morgan fingerprint density at radius 2 is 1.87 bits per heavy atom. The van der Waals surface area contributed by atoms with E-state index < -0.39 is 27.7 Å². The molecule has 0 radical (unpaired) electrons. The molecule has 0 spiro atoms. The Kier molecular flexibility index (Phi) is 8.90. The molecule has 2 aromatic carbocycles. The number of carbonyl (C=O) groups excluding carboxylic acids is 1. The summed E-state index contributed by atoms with van der Waals surface area (Å²) in [6.45, 7) is 3.73. The molecule has 0 aromatic heterocycles. The van der Waals surface area contributed by atoms with Crippen molar-refractivity contribution in [3.8, 4) is 0 Å². The third kappa shape index (κ3) is 7.37. The molecule has 1 unspecified atom stereocenters. The number of benzene rings is 2.